The monoisotopic (exact) mass is 298 g/mol. The molecule has 1 amide bonds. The molecule has 21 heavy (non-hydrogen) atoms. The predicted octanol–water partition coefficient (Wildman–Crippen LogP) is 1.69. The van der Waals surface area contributed by atoms with Crippen LogP contribution in [0.1, 0.15) is 34.1 Å². The van der Waals surface area contributed by atoms with Crippen molar-refractivity contribution in [3.8, 4) is 0 Å². The molecule has 0 spiro atoms. The van der Waals surface area contributed by atoms with E-state index in [1.54, 1.807) is 26.8 Å². The average Bonchev–Trinajstić information content (AvgIpc) is 2.60. The Morgan fingerprint density at radius 3 is 2.48 bits per heavy atom. The van der Waals surface area contributed by atoms with Gasteiger partial charge in [-0.25, -0.2) is 9.59 Å². The maximum absolute atomic E-state index is 12.3. The van der Waals surface area contributed by atoms with E-state index in [0.29, 0.717) is 6.42 Å². The van der Waals surface area contributed by atoms with Crippen molar-refractivity contribution in [1.82, 2.24) is 4.90 Å². The van der Waals surface area contributed by atoms with E-state index < -0.39 is 29.1 Å². The van der Waals surface area contributed by atoms with E-state index in [1.807, 2.05) is 6.92 Å². The summed E-state index contributed by atoms with van der Waals surface area (Å²) in [5.74, 6) is -0.488. The largest absolute Gasteiger partial charge is 0.467 e. The Morgan fingerprint density at radius 1 is 1.48 bits per heavy atom. The summed E-state index contributed by atoms with van der Waals surface area (Å²) < 4.78 is 10.2. The molecular weight excluding hydrogens is 272 g/mol. The van der Waals surface area contributed by atoms with Gasteiger partial charge in [0.15, 0.2) is 0 Å². The highest BCUT2D eigenvalue weighted by Crippen LogP contribution is 2.40. The minimum Gasteiger partial charge on any atom is -0.467 e. The van der Waals surface area contributed by atoms with Crippen molar-refractivity contribution < 1.29 is 19.1 Å². The molecule has 0 aromatic heterocycles. The zero-order valence-corrected chi connectivity index (χ0v) is 13.5. The van der Waals surface area contributed by atoms with Gasteiger partial charge in [-0.1, -0.05) is 13.0 Å². The van der Waals surface area contributed by atoms with Crippen molar-refractivity contribution in [1.29, 1.82) is 0 Å². The van der Waals surface area contributed by atoms with E-state index in [2.05, 4.69) is 6.58 Å². The van der Waals surface area contributed by atoms with Gasteiger partial charge in [0.05, 0.1) is 7.11 Å². The molecule has 0 unspecified atom stereocenters. The third kappa shape index (κ3) is 3.56. The Kier molecular flexibility index (Phi) is 5.04. The van der Waals surface area contributed by atoms with Gasteiger partial charge in [-0.3, -0.25) is 4.90 Å². The number of carbonyl (C=O) groups is 2. The SMILES string of the molecule is C=CC[C@]1(C)[C@@H](N)CN(C(=O)OC(C)(C)C)[C@@H]1C(=O)OC. The molecular formula is C15H26N2O4. The number of esters is 1. The first-order valence-corrected chi connectivity index (χ1v) is 7.00. The van der Waals surface area contributed by atoms with Crippen LogP contribution in [0.3, 0.4) is 0 Å². The van der Waals surface area contributed by atoms with Crippen LogP contribution in [0.5, 0.6) is 0 Å². The Hall–Kier alpha value is -1.56. The molecule has 0 saturated carbocycles. The smallest absolute Gasteiger partial charge is 0.411 e. The Bertz CT molecular complexity index is 430. The summed E-state index contributed by atoms with van der Waals surface area (Å²) in [5.41, 5.74) is 4.91. The van der Waals surface area contributed by atoms with Crippen molar-refractivity contribution in [3.05, 3.63) is 12.7 Å². The number of methoxy groups -OCH3 is 1. The van der Waals surface area contributed by atoms with Crippen LogP contribution in [-0.4, -0.2) is 48.3 Å². The molecule has 1 fully saturated rings. The van der Waals surface area contributed by atoms with Gasteiger partial charge in [0, 0.05) is 18.0 Å². The Balaban J connectivity index is 3.11. The zero-order valence-electron chi connectivity index (χ0n) is 13.5. The number of nitrogens with two attached hydrogens (primary N) is 1. The van der Waals surface area contributed by atoms with E-state index in [9.17, 15) is 9.59 Å². The highest BCUT2D eigenvalue weighted by atomic mass is 16.6. The third-order valence-electron chi connectivity index (χ3n) is 3.81. The number of hydrogen-bond acceptors (Lipinski definition) is 5. The normalized spacial score (nSPS) is 29.1. The molecule has 3 atom stereocenters. The second-order valence-corrected chi connectivity index (χ2v) is 6.66. The van der Waals surface area contributed by atoms with Gasteiger partial charge in [-0.15, -0.1) is 6.58 Å². The zero-order chi connectivity index (χ0) is 16.4. The Labute approximate surface area is 126 Å². The van der Waals surface area contributed by atoms with Gasteiger partial charge in [-0.05, 0) is 27.2 Å². The van der Waals surface area contributed by atoms with E-state index >= 15 is 0 Å². The summed E-state index contributed by atoms with van der Waals surface area (Å²) >= 11 is 0. The maximum Gasteiger partial charge on any atom is 0.411 e. The molecule has 6 heteroatoms. The molecule has 0 bridgehead atoms. The van der Waals surface area contributed by atoms with Crippen LogP contribution in [0.15, 0.2) is 12.7 Å². The number of hydrogen-bond donors (Lipinski definition) is 1. The molecule has 120 valence electrons. The van der Waals surface area contributed by atoms with Crippen LogP contribution in [0.4, 0.5) is 4.79 Å². The molecule has 1 aliphatic heterocycles. The minimum absolute atomic E-state index is 0.249. The molecule has 1 heterocycles. The molecule has 1 aliphatic rings. The van der Waals surface area contributed by atoms with E-state index in [1.165, 1.54) is 12.0 Å². The van der Waals surface area contributed by atoms with Gasteiger partial charge in [-0.2, -0.15) is 0 Å². The molecule has 2 N–H and O–H groups in total. The highest BCUT2D eigenvalue weighted by Gasteiger charge is 2.55. The number of carbonyl (C=O) groups excluding carboxylic acids is 2. The molecule has 1 rings (SSSR count). The van der Waals surface area contributed by atoms with Crippen LogP contribution in [0.2, 0.25) is 0 Å². The van der Waals surface area contributed by atoms with Gasteiger partial charge in [0.25, 0.3) is 0 Å². The third-order valence-corrected chi connectivity index (χ3v) is 3.81. The second kappa shape index (κ2) is 6.05. The topological polar surface area (TPSA) is 81.9 Å². The number of amides is 1. The van der Waals surface area contributed by atoms with Crippen LogP contribution < -0.4 is 5.73 Å². The fourth-order valence-corrected chi connectivity index (χ4v) is 2.67. The van der Waals surface area contributed by atoms with Crippen molar-refractivity contribution >= 4 is 12.1 Å². The van der Waals surface area contributed by atoms with E-state index in [0.717, 1.165) is 0 Å². The number of allylic oxidation sites excluding steroid dienone is 1. The molecule has 0 aromatic carbocycles. The molecule has 0 aliphatic carbocycles. The van der Waals surface area contributed by atoms with Crippen LogP contribution >= 0.6 is 0 Å². The number of ether oxygens (including phenoxy) is 2. The summed E-state index contributed by atoms with van der Waals surface area (Å²) in [5, 5.41) is 0. The lowest BCUT2D eigenvalue weighted by molar-refractivity contribution is -0.149. The van der Waals surface area contributed by atoms with Crippen molar-refractivity contribution in [2.24, 2.45) is 11.1 Å². The standard InChI is InChI=1S/C15H26N2O4/c1-7-8-15(5)10(16)9-17(11(15)12(18)20-6)13(19)21-14(2,3)4/h7,10-11H,1,8-9,16H2,2-6H3/t10-,11+,15+/m0/s1. The maximum atomic E-state index is 12.3. The summed E-state index contributed by atoms with van der Waals surface area (Å²) in [6, 6.07) is -1.13. The van der Waals surface area contributed by atoms with Gasteiger partial charge < -0.3 is 15.2 Å². The quantitative estimate of drug-likeness (QED) is 0.633. The first-order valence-electron chi connectivity index (χ1n) is 7.00. The van der Waals surface area contributed by atoms with Crippen LogP contribution in [0, 0.1) is 5.41 Å². The van der Waals surface area contributed by atoms with Crippen LogP contribution in [-0.2, 0) is 14.3 Å². The predicted molar refractivity (Wildman–Crippen MR) is 79.6 cm³/mol. The first kappa shape index (κ1) is 17.5. The molecule has 6 nitrogen and oxygen atoms in total. The number of nitrogens with zero attached hydrogens (tertiary/aromatic N) is 1. The second-order valence-electron chi connectivity index (χ2n) is 6.66. The molecule has 0 aromatic rings. The number of rotatable bonds is 3. The fraction of sp³-hybridized carbons (Fsp3) is 0.733. The van der Waals surface area contributed by atoms with Crippen molar-refractivity contribution in [2.45, 2.75) is 51.8 Å². The fourth-order valence-electron chi connectivity index (χ4n) is 2.67. The lowest BCUT2D eigenvalue weighted by atomic mass is 9.76. The summed E-state index contributed by atoms with van der Waals surface area (Å²) in [7, 11) is 1.30. The van der Waals surface area contributed by atoms with E-state index in [-0.39, 0.29) is 12.6 Å². The van der Waals surface area contributed by atoms with Gasteiger partial charge >= 0.3 is 12.1 Å². The van der Waals surface area contributed by atoms with Crippen molar-refractivity contribution in [3.63, 3.8) is 0 Å². The lowest BCUT2D eigenvalue weighted by Gasteiger charge is -2.34. The van der Waals surface area contributed by atoms with Crippen LogP contribution in [0.25, 0.3) is 0 Å². The van der Waals surface area contributed by atoms with Crippen molar-refractivity contribution in [2.75, 3.05) is 13.7 Å². The Morgan fingerprint density at radius 2 is 2.05 bits per heavy atom. The summed E-state index contributed by atoms with van der Waals surface area (Å²) in [6.45, 7) is 11.2. The first-order chi connectivity index (χ1) is 9.56. The highest BCUT2D eigenvalue weighted by molar-refractivity contribution is 5.83. The summed E-state index contributed by atoms with van der Waals surface area (Å²) in [6.07, 6.45) is 1.66. The molecule has 1 saturated heterocycles. The molecule has 0 radical (unpaired) electrons. The number of likely N-dealkylation sites (tertiary alicyclic amines) is 1. The minimum atomic E-state index is -0.773. The van der Waals surface area contributed by atoms with E-state index in [4.69, 9.17) is 15.2 Å². The van der Waals surface area contributed by atoms with Gasteiger partial charge in [0.1, 0.15) is 11.6 Å². The lowest BCUT2D eigenvalue weighted by Crippen LogP contribution is -2.50. The average molecular weight is 298 g/mol. The van der Waals surface area contributed by atoms with Gasteiger partial charge in [0.2, 0.25) is 0 Å². The summed E-state index contributed by atoms with van der Waals surface area (Å²) in [4.78, 5) is 25.9.